The van der Waals surface area contributed by atoms with Gasteiger partial charge in [0.2, 0.25) is 5.95 Å². The Morgan fingerprint density at radius 2 is 1.83 bits per heavy atom. The second-order valence-corrected chi connectivity index (χ2v) is 6.54. The predicted molar refractivity (Wildman–Crippen MR) is 92.0 cm³/mol. The van der Waals surface area contributed by atoms with Gasteiger partial charge in [0.05, 0.1) is 18.5 Å². The van der Waals surface area contributed by atoms with Crippen LogP contribution in [0.1, 0.15) is 53.4 Å². The smallest absolute Gasteiger partial charge is 0.410 e. The molecule has 0 aromatic carbocycles. The zero-order valence-corrected chi connectivity index (χ0v) is 14.9. The molecule has 1 aromatic heterocycles. The van der Waals surface area contributed by atoms with E-state index in [1.54, 1.807) is 0 Å². The van der Waals surface area contributed by atoms with E-state index in [-0.39, 0.29) is 36.1 Å². The molecule has 134 valence electrons. The van der Waals surface area contributed by atoms with Gasteiger partial charge < -0.3 is 20.1 Å². The van der Waals surface area contributed by atoms with Gasteiger partial charge >= 0.3 is 6.09 Å². The highest BCUT2D eigenvalue weighted by atomic mass is 16.6. The molecule has 0 radical (unpaired) electrons. The van der Waals surface area contributed by atoms with Gasteiger partial charge in [-0.15, -0.1) is 0 Å². The number of nitrogens with zero attached hydrogens (tertiary/aromatic N) is 3. The minimum absolute atomic E-state index is 0.0460. The molecule has 24 heavy (non-hydrogen) atoms. The number of hydrogen-bond acceptors (Lipinski definition) is 6. The van der Waals surface area contributed by atoms with E-state index in [0.717, 1.165) is 25.7 Å². The number of aromatic hydroxyl groups is 1. The van der Waals surface area contributed by atoms with Crippen molar-refractivity contribution < 1.29 is 14.6 Å². The molecule has 0 spiro atoms. The Bertz CT molecular complexity index is 521. The lowest BCUT2D eigenvalue weighted by Gasteiger charge is -2.44. The number of aromatic nitrogens is 2. The van der Waals surface area contributed by atoms with Gasteiger partial charge in [-0.25, -0.2) is 14.8 Å². The molecule has 7 nitrogen and oxygen atoms in total. The standard InChI is InChI=1S/C17H28N4O3/c1-5-13-7-12(20-16-18-9-15(22)10-19-16)8-14(6-2)21(13)17(23)24-11(3)4/h9-14,22H,5-8H2,1-4H3,(H,18,19,20)/t12-,13+,14-. The molecule has 1 amide bonds. The zero-order valence-electron chi connectivity index (χ0n) is 14.9. The fourth-order valence-corrected chi connectivity index (χ4v) is 3.26. The van der Waals surface area contributed by atoms with Crippen LogP contribution in [-0.2, 0) is 4.74 Å². The molecule has 1 aliphatic heterocycles. The maximum absolute atomic E-state index is 12.5. The van der Waals surface area contributed by atoms with Crippen molar-refractivity contribution in [3.05, 3.63) is 12.4 Å². The van der Waals surface area contributed by atoms with E-state index in [4.69, 9.17) is 4.74 Å². The second kappa shape index (κ2) is 8.17. The van der Waals surface area contributed by atoms with Crippen LogP contribution in [0.4, 0.5) is 10.7 Å². The van der Waals surface area contributed by atoms with E-state index in [0.29, 0.717) is 5.95 Å². The first-order valence-corrected chi connectivity index (χ1v) is 8.71. The molecule has 0 saturated carbocycles. The molecule has 1 saturated heterocycles. The topological polar surface area (TPSA) is 87.6 Å². The SMILES string of the molecule is CC[C@@H]1C[C@H](Nc2ncc(O)cn2)C[C@H](CC)N1C(=O)OC(C)C. The number of nitrogens with one attached hydrogen (secondary N) is 1. The largest absolute Gasteiger partial charge is 0.505 e. The molecule has 0 bridgehead atoms. The maximum atomic E-state index is 12.5. The molecule has 0 aliphatic carbocycles. The second-order valence-electron chi connectivity index (χ2n) is 6.54. The van der Waals surface area contributed by atoms with Crippen molar-refractivity contribution in [2.75, 3.05) is 5.32 Å². The van der Waals surface area contributed by atoms with Crippen LogP contribution in [0.15, 0.2) is 12.4 Å². The summed E-state index contributed by atoms with van der Waals surface area (Å²) in [6.45, 7) is 7.92. The highest BCUT2D eigenvalue weighted by Crippen LogP contribution is 2.29. The summed E-state index contributed by atoms with van der Waals surface area (Å²) in [6, 6.07) is 0.446. The van der Waals surface area contributed by atoms with Gasteiger partial charge in [-0.05, 0) is 39.5 Å². The van der Waals surface area contributed by atoms with Gasteiger partial charge in [-0.3, -0.25) is 0 Å². The summed E-state index contributed by atoms with van der Waals surface area (Å²) in [7, 11) is 0. The lowest BCUT2D eigenvalue weighted by molar-refractivity contribution is 0.0253. The fourth-order valence-electron chi connectivity index (χ4n) is 3.26. The van der Waals surface area contributed by atoms with Crippen molar-refractivity contribution in [2.24, 2.45) is 0 Å². The average molecular weight is 336 g/mol. The average Bonchev–Trinajstić information content (AvgIpc) is 2.55. The Balaban J connectivity index is 2.08. The molecule has 2 N–H and O–H groups in total. The third kappa shape index (κ3) is 4.49. The van der Waals surface area contributed by atoms with Gasteiger partial charge in [-0.2, -0.15) is 0 Å². The van der Waals surface area contributed by atoms with Crippen molar-refractivity contribution in [3.63, 3.8) is 0 Å². The highest BCUT2D eigenvalue weighted by Gasteiger charge is 2.38. The van der Waals surface area contributed by atoms with Crippen molar-refractivity contribution in [3.8, 4) is 5.75 Å². The molecule has 2 heterocycles. The minimum Gasteiger partial charge on any atom is -0.505 e. The van der Waals surface area contributed by atoms with Gasteiger partial charge in [0.15, 0.2) is 5.75 Å². The Hall–Kier alpha value is -2.05. The van der Waals surface area contributed by atoms with Crippen molar-refractivity contribution in [2.45, 2.75) is 77.6 Å². The Labute approximate surface area is 143 Å². The molecule has 2 rings (SSSR count). The molecule has 3 atom stereocenters. The highest BCUT2D eigenvalue weighted by molar-refractivity contribution is 5.69. The maximum Gasteiger partial charge on any atom is 0.410 e. The van der Waals surface area contributed by atoms with Crippen LogP contribution in [0.2, 0.25) is 0 Å². The van der Waals surface area contributed by atoms with E-state index >= 15 is 0 Å². The van der Waals surface area contributed by atoms with Crippen LogP contribution < -0.4 is 5.32 Å². The fraction of sp³-hybridized carbons (Fsp3) is 0.706. The summed E-state index contributed by atoms with van der Waals surface area (Å²) in [5.74, 6) is 0.547. The molecule has 1 aliphatic rings. The monoisotopic (exact) mass is 336 g/mol. The number of likely N-dealkylation sites (tertiary alicyclic amines) is 1. The zero-order chi connectivity index (χ0) is 17.7. The number of amides is 1. The first-order chi connectivity index (χ1) is 11.4. The number of carbonyl (C=O) groups excluding carboxylic acids is 1. The quantitative estimate of drug-likeness (QED) is 0.859. The predicted octanol–water partition coefficient (Wildman–Crippen LogP) is 3.16. The van der Waals surface area contributed by atoms with Gasteiger partial charge in [0.25, 0.3) is 0 Å². The first kappa shape index (κ1) is 18.3. The van der Waals surface area contributed by atoms with Crippen LogP contribution >= 0.6 is 0 Å². The Kier molecular flexibility index (Phi) is 6.23. The number of anilines is 1. The van der Waals surface area contributed by atoms with E-state index < -0.39 is 0 Å². The summed E-state index contributed by atoms with van der Waals surface area (Å²) in [5.41, 5.74) is 0. The molecular formula is C17H28N4O3. The first-order valence-electron chi connectivity index (χ1n) is 8.71. The number of ether oxygens (including phenoxy) is 1. The number of carbonyl (C=O) groups is 1. The molecule has 1 fully saturated rings. The van der Waals surface area contributed by atoms with Gasteiger partial charge in [0.1, 0.15) is 0 Å². The Morgan fingerprint density at radius 1 is 1.29 bits per heavy atom. The normalized spacial score (nSPS) is 24.0. The van der Waals surface area contributed by atoms with Crippen molar-refractivity contribution in [1.82, 2.24) is 14.9 Å². The van der Waals surface area contributed by atoms with Crippen molar-refractivity contribution >= 4 is 12.0 Å². The third-order valence-electron chi connectivity index (χ3n) is 4.36. The number of hydrogen-bond donors (Lipinski definition) is 2. The molecule has 7 heteroatoms. The van der Waals surface area contributed by atoms with E-state index in [1.165, 1.54) is 12.4 Å². The summed E-state index contributed by atoms with van der Waals surface area (Å²) >= 11 is 0. The van der Waals surface area contributed by atoms with Crippen LogP contribution in [0.25, 0.3) is 0 Å². The van der Waals surface area contributed by atoms with Crippen LogP contribution in [0.5, 0.6) is 5.75 Å². The van der Waals surface area contributed by atoms with E-state index in [2.05, 4.69) is 29.1 Å². The minimum atomic E-state index is -0.219. The number of rotatable bonds is 5. The van der Waals surface area contributed by atoms with Gasteiger partial charge in [-0.1, -0.05) is 13.8 Å². The number of piperidine rings is 1. The summed E-state index contributed by atoms with van der Waals surface area (Å²) in [6.07, 6.45) is 5.81. The lowest BCUT2D eigenvalue weighted by Crippen LogP contribution is -2.55. The molecule has 1 aromatic rings. The van der Waals surface area contributed by atoms with Gasteiger partial charge in [0, 0.05) is 18.1 Å². The summed E-state index contributed by atoms with van der Waals surface area (Å²) in [4.78, 5) is 22.6. The third-order valence-corrected chi connectivity index (χ3v) is 4.36. The van der Waals surface area contributed by atoms with Crippen LogP contribution in [0.3, 0.4) is 0 Å². The summed E-state index contributed by atoms with van der Waals surface area (Å²) in [5, 5.41) is 12.6. The van der Waals surface area contributed by atoms with E-state index in [1.807, 2.05) is 18.7 Å². The molecule has 0 unspecified atom stereocenters. The van der Waals surface area contributed by atoms with Crippen LogP contribution in [-0.4, -0.2) is 50.3 Å². The molecular weight excluding hydrogens is 308 g/mol. The Morgan fingerprint density at radius 3 is 2.29 bits per heavy atom. The van der Waals surface area contributed by atoms with Crippen molar-refractivity contribution in [1.29, 1.82) is 0 Å². The van der Waals surface area contributed by atoms with Crippen LogP contribution in [0, 0.1) is 0 Å². The van der Waals surface area contributed by atoms with E-state index in [9.17, 15) is 9.90 Å². The summed E-state index contributed by atoms with van der Waals surface area (Å²) < 4.78 is 5.43. The lowest BCUT2D eigenvalue weighted by atomic mass is 9.89.